The summed E-state index contributed by atoms with van der Waals surface area (Å²) in [7, 11) is 0. The Morgan fingerprint density at radius 3 is 1.54 bits per heavy atom. The summed E-state index contributed by atoms with van der Waals surface area (Å²) in [5.74, 6) is -3.01. The highest BCUT2D eigenvalue weighted by Crippen LogP contribution is 2.48. The van der Waals surface area contributed by atoms with E-state index in [0.29, 0.717) is 5.56 Å². The number of ether oxygens (including phenoxy) is 3. The third-order valence-electron chi connectivity index (χ3n) is 8.62. The summed E-state index contributed by atoms with van der Waals surface area (Å²) in [6.07, 6.45) is -3.00. The fourth-order valence-corrected chi connectivity index (χ4v) is 7.42. The molecule has 4 aromatic carbocycles. The quantitative estimate of drug-likeness (QED) is 0.0727. The van der Waals surface area contributed by atoms with Gasteiger partial charge in [-0.3, -0.25) is 14.9 Å². The molecule has 0 aliphatic heterocycles. The number of alkyl carbamates (subject to hydrolysis) is 2. The second kappa shape index (κ2) is 21.2. The molecule has 0 saturated carbocycles. The van der Waals surface area contributed by atoms with Crippen molar-refractivity contribution in [1.29, 1.82) is 0 Å². The van der Waals surface area contributed by atoms with Crippen molar-refractivity contribution in [1.82, 2.24) is 21.3 Å². The largest absolute Gasteiger partial charge is 0.480 e. The standard InChI is InChI=1S/C45H53N5O10S/c1-43(2,3)59-40(55)47-27-36(49-41(56)58-33-24-22-29(23-25-33)26-35(39(53)54)48-42(57)60-44(4,5)6)38(52)50-37(51)34(46)28-61-45(30-16-10-7-11-17-30,31-18-12-8-13-19-31)32-20-14-9-15-21-32/h7-25,34-36H,26-28,46H2,1-6H3,(H,47,55)(H,48,57)(H,49,56)(H,53,54)(H,50,51,52)/t34-,35-,36-/m0/s1. The number of thioether (sulfide) groups is 1. The van der Waals surface area contributed by atoms with Crippen molar-refractivity contribution in [2.45, 2.75) is 82.0 Å². The lowest BCUT2D eigenvalue weighted by molar-refractivity contribution is -0.139. The van der Waals surface area contributed by atoms with Crippen molar-refractivity contribution in [3.05, 3.63) is 138 Å². The molecule has 0 aromatic heterocycles. The highest BCUT2D eigenvalue weighted by Gasteiger charge is 2.38. The van der Waals surface area contributed by atoms with Gasteiger partial charge in [-0.25, -0.2) is 19.2 Å². The number of carboxylic acids is 1. The molecule has 0 aliphatic rings. The van der Waals surface area contributed by atoms with Crippen LogP contribution >= 0.6 is 11.8 Å². The topological polar surface area (TPSA) is 224 Å². The van der Waals surface area contributed by atoms with Crippen LogP contribution in [0.5, 0.6) is 5.75 Å². The summed E-state index contributed by atoms with van der Waals surface area (Å²) in [6, 6.07) is 31.1. The smallest absolute Gasteiger partial charge is 0.413 e. The molecule has 0 unspecified atom stereocenters. The van der Waals surface area contributed by atoms with E-state index in [-0.39, 0.29) is 17.9 Å². The number of amides is 5. The summed E-state index contributed by atoms with van der Waals surface area (Å²) in [4.78, 5) is 76.8. The number of nitrogens with two attached hydrogens (primary N) is 1. The van der Waals surface area contributed by atoms with E-state index in [1.54, 1.807) is 41.5 Å². The van der Waals surface area contributed by atoms with E-state index in [1.807, 2.05) is 91.0 Å². The number of hydrogen-bond acceptors (Lipinski definition) is 11. The SMILES string of the molecule is CC(C)(C)OC(=O)NC[C@H](NC(=O)Oc1ccc(C[C@H](NC(=O)OC(C)(C)C)C(=O)O)cc1)C(=O)NC(=O)[C@@H](N)CSC(c1ccccc1)(c1ccccc1)c1ccccc1. The van der Waals surface area contributed by atoms with Crippen molar-refractivity contribution in [3.63, 3.8) is 0 Å². The lowest BCUT2D eigenvalue weighted by Crippen LogP contribution is -2.56. The van der Waals surface area contributed by atoms with Crippen molar-refractivity contribution in [3.8, 4) is 5.75 Å². The van der Waals surface area contributed by atoms with Crippen LogP contribution in [0.3, 0.4) is 0 Å². The zero-order chi connectivity index (χ0) is 44.8. The molecule has 324 valence electrons. The second-order valence-electron chi connectivity index (χ2n) is 15.9. The average Bonchev–Trinajstić information content (AvgIpc) is 3.19. The molecule has 5 amide bonds. The maximum atomic E-state index is 13.6. The van der Waals surface area contributed by atoms with Gasteiger partial charge in [0.15, 0.2) is 0 Å². The highest BCUT2D eigenvalue weighted by molar-refractivity contribution is 8.00. The minimum atomic E-state index is -1.53. The van der Waals surface area contributed by atoms with Gasteiger partial charge in [0.25, 0.3) is 5.91 Å². The minimum absolute atomic E-state index is 0.0151. The Morgan fingerprint density at radius 2 is 1.08 bits per heavy atom. The van der Waals surface area contributed by atoms with Crippen LogP contribution in [0.4, 0.5) is 14.4 Å². The Hall–Kier alpha value is -6.39. The molecule has 61 heavy (non-hydrogen) atoms. The van der Waals surface area contributed by atoms with Crippen molar-refractivity contribution < 1.29 is 48.1 Å². The number of benzene rings is 4. The summed E-state index contributed by atoms with van der Waals surface area (Å²) in [6.45, 7) is 9.40. The molecule has 0 aliphatic carbocycles. The Bertz CT molecular complexity index is 2010. The average molecular weight is 856 g/mol. The molecule has 0 spiro atoms. The lowest BCUT2D eigenvalue weighted by atomic mass is 9.84. The van der Waals surface area contributed by atoms with E-state index in [4.69, 9.17) is 19.9 Å². The Balaban J connectivity index is 1.46. The predicted molar refractivity (Wildman–Crippen MR) is 231 cm³/mol. The summed E-state index contributed by atoms with van der Waals surface area (Å²) in [5.41, 5.74) is 8.10. The van der Waals surface area contributed by atoms with E-state index in [2.05, 4.69) is 21.3 Å². The lowest BCUT2D eigenvalue weighted by Gasteiger charge is -2.36. The number of hydrogen-bond donors (Lipinski definition) is 6. The molecule has 4 rings (SSSR count). The maximum Gasteiger partial charge on any atom is 0.413 e. The number of carbonyl (C=O) groups excluding carboxylic acids is 5. The van der Waals surface area contributed by atoms with Gasteiger partial charge >= 0.3 is 24.2 Å². The van der Waals surface area contributed by atoms with Gasteiger partial charge in [-0.1, -0.05) is 103 Å². The van der Waals surface area contributed by atoms with Crippen LogP contribution in [0, 0.1) is 0 Å². The Labute approximate surface area is 359 Å². The highest BCUT2D eigenvalue weighted by atomic mass is 32.2. The number of imide groups is 1. The first kappa shape index (κ1) is 47.3. The second-order valence-corrected chi connectivity index (χ2v) is 17.1. The Morgan fingerprint density at radius 1 is 0.623 bits per heavy atom. The van der Waals surface area contributed by atoms with Crippen LogP contribution in [-0.4, -0.2) is 82.8 Å². The van der Waals surface area contributed by atoms with Gasteiger partial charge in [-0.15, -0.1) is 11.8 Å². The summed E-state index contributed by atoms with van der Waals surface area (Å²) in [5, 5.41) is 19.0. The fraction of sp³-hybridized carbons (Fsp3) is 0.333. The zero-order valence-corrected chi connectivity index (χ0v) is 35.7. The van der Waals surface area contributed by atoms with E-state index in [0.717, 1.165) is 16.7 Å². The van der Waals surface area contributed by atoms with Crippen molar-refractivity contribution >= 4 is 47.8 Å². The first-order valence-corrected chi connectivity index (χ1v) is 20.4. The molecule has 16 heteroatoms. The first-order chi connectivity index (χ1) is 28.8. The van der Waals surface area contributed by atoms with Crippen LogP contribution in [-0.2, 0) is 35.0 Å². The third-order valence-corrected chi connectivity index (χ3v) is 10.3. The number of carbonyl (C=O) groups is 6. The number of carboxylic acid groups (broad SMARTS) is 1. The molecule has 3 atom stereocenters. The van der Waals surface area contributed by atoms with Crippen LogP contribution in [0.25, 0.3) is 0 Å². The van der Waals surface area contributed by atoms with Crippen LogP contribution in [0.15, 0.2) is 115 Å². The third kappa shape index (κ3) is 14.7. The monoisotopic (exact) mass is 855 g/mol. The molecule has 4 aromatic rings. The van der Waals surface area contributed by atoms with E-state index in [9.17, 15) is 33.9 Å². The van der Waals surface area contributed by atoms with Crippen molar-refractivity contribution in [2.75, 3.05) is 12.3 Å². The first-order valence-electron chi connectivity index (χ1n) is 19.4. The maximum absolute atomic E-state index is 13.6. The Kier molecular flexibility index (Phi) is 16.5. The van der Waals surface area contributed by atoms with Crippen LogP contribution in [0.1, 0.15) is 63.8 Å². The van der Waals surface area contributed by atoms with Crippen LogP contribution in [0.2, 0.25) is 0 Å². The molecule has 7 N–H and O–H groups in total. The normalized spacial score (nSPS) is 13.0. The molecule has 0 bridgehead atoms. The van der Waals surface area contributed by atoms with Gasteiger partial charge in [-0.2, -0.15) is 0 Å². The summed E-state index contributed by atoms with van der Waals surface area (Å²) < 4.78 is 15.0. The van der Waals surface area contributed by atoms with E-state index < -0.39 is 76.7 Å². The predicted octanol–water partition coefficient (Wildman–Crippen LogP) is 5.88. The number of nitrogens with one attached hydrogen (secondary N) is 4. The van der Waals surface area contributed by atoms with Crippen molar-refractivity contribution in [2.24, 2.45) is 5.73 Å². The van der Waals surface area contributed by atoms with Gasteiger partial charge in [-0.05, 0) is 75.9 Å². The molecule has 15 nitrogen and oxygen atoms in total. The van der Waals surface area contributed by atoms with E-state index in [1.165, 1.54) is 36.0 Å². The number of aliphatic carboxylic acids is 1. The molecule has 0 fully saturated rings. The van der Waals surface area contributed by atoms with E-state index >= 15 is 0 Å². The number of rotatable bonds is 16. The van der Waals surface area contributed by atoms with Gasteiger partial charge in [0.1, 0.15) is 29.0 Å². The molecule has 0 saturated heterocycles. The van der Waals surface area contributed by atoms with Gasteiger partial charge in [0.2, 0.25) is 5.91 Å². The van der Waals surface area contributed by atoms with Gasteiger partial charge < -0.3 is 41.0 Å². The fourth-order valence-electron chi connectivity index (χ4n) is 5.93. The summed E-state index contributed by atoms with van der Waals surface area (Å²) >= 11 is 1.43. The minimum Gasteiger partial charge on any atom is -0.480 e. The van der Waals surface area contributed by atoms with Gasteiger partial charge in [0.05, 0.1) is 17.3 Å². The molecular formula is C45H53N5O10S. The van der Waals surface area contributed by atoms with Crippen LogP contribution < -0.4 is 31.7 Å². The zero-order valence-electron chi connectivity index (χ0n) is 34.9. The van der Waals surface area contributed by atoms with Gasteiger partial charge in [0, 0.05) is 12.2 Å². The molecular weight excluding hydrogens is 803 g/mol. The molecule has 0 radical (unpaired) electrons. The molecule has 0 heterocycles.